The fourth-order valence-corrected chi connectivity index (χ4v) is 2.20. The number of benzene rings is 1. The van der Waals surface area contributed by atoms with E-state index in [4.69, 9.17) is 0 Å². The Bertz CT molecular complexity index is 545. The second-order valence-corrected chi connectivity index (χ2v) is 5.42. The van der Waals surface area contributed by atoms with E-state index in [2.05, 4.69) is 45.0 Å². The second-order valence-electron chi connectivity index (χ2n) is 4.51. The van der Waals surface area contributed by atoms with E-state index < -0.39 is 0 Å². The van der Waals surface area contributed by atoms with Gasteiger partial charge >= 0.3 is 0 Å². The molecule has 2 aromatic rings. The Morgan fingerprint density at radius 3 is 2.47 bits per heavy atom. The van der Waals surface area contributed by atoms with Gasteiger partial charge in [-0.2, -0.15) is 0 Å². The molecule has 0 amide bonds. The molecule has 0 spiro atoms. The van der Waals surface area contributed by atoms with Crippen LogP contribution in [0.2, 0.25) is 0 Å². The molecule has 17 heavy (non-hydrogen) atoms. The molecule has 0 unspecified atom stereocenters. The van der Waals surface area contributed by atoms with E-state index in [1.54, 1.807) is 0 Å². The number of hydrogen-bond donors (Lipinski definition) is 0. The first-order valence-electron chi connectivity index (χ1n) is 5.83. The lowest BCUT2D eigenvalue weighted by molar-refractivity contribution is 0.908. The summed E-state index contributed by atoms with van der Waals surface area (Å²) in [5, 5.41) is 0. The maximum Gasteiger partial charge on any atom is 0.131 e. The maximum absolute atomic E-state index is 4.61. The minimum absolute atomic E-state index is 0.618. The molecule has 1 aliphatic carbocycles. The van der Waals surface area contributed by atoms with Crippen molar-refractivity contribution in [2.45, 2.75) is 25.7 Å². The Morgan fingerprint density at radius 2 is 1.88 bits per heavy atom. The van der Waals surface area contributed by atoms with Gasteiger partial charge in [-0.25, -0.2) is 9.97 Å². The van der Waals surface area contributed by atoms with Gasteiger partial charge in [-0.3, -0.25) is 0 Å². The lowest BCUT2D eigenvalue weighted by Gasteiger charge is -2.06. The summed E-state index contributed by atoms with van der Waals surface area (Å²) in [5.41, 5.74) is 3.37. The quantitative estimate of drug-likeness (QED) is 0.832. The van der Waals surface area contributed by atoms with E-state index >= 15 is 0 Å². The average molecular weight is 289 g/mol. The summed E-state index contributed by atoms with van der Waals surface area (Å²) in [4.78, 5) is 9.09. The van der Waals surface area contributed by atoms with Gasteiger partial charge in [-0.15, -0.1) is 0 Å². The van der Waals surface area contributed by atoms with Gasteiger partial charge in [0.25, 0.3) is 0 Å². The van der Waals surface area contributed by atoms with Crippen molar-refractivity contribution in [3.05, 3.63) is 46.5 Å². The molecule has 0 atom stereocenters. The van der Waals surface area contributed by atoms with Gasteiger partial charge in [-0.1, -0.05) is 28.1 Å². The lowest BCUT2D eigenvalue weighted by atomic mass is 10.1. The largest absolute Gasteiger partial charge is 0.240 e. The van der Waals surface area contributed by atoms with Crippen LogP contribution in [0.3, 0.4) is 0 Å². The van der Waals surface area contributed by atoms with Crippen LogP contribution in [0.15, 0.2) is 34.9 Å². The van der Waals surface area contributed by atoms with Crippen molar-refractivity contribution >= 4 is 15.9 Å². The van der Waals surface area contributed by atoms with Gasteiger partial charge in [0.05, 0.1) is 0 Å². The van der Waals surface area contributed by atoms with Gasteiger partial charge in [0.15, 0.2) is 0 Å². The molecular weight excluding hydrogens is 276 g/mol. The van der Waals surface area contributed by atoms with E-state index in [0.29, 0.717) is 5.92 Å². The Labute approximate surface area is 109 Å². The minimum Gasteiger partial charge on any atom is -0.240 e. The average Bonchev–Trinajstić information content (AvgIpc) is 3.14. The molecule has 1 aromatic carbocycles. The first-order chi connectivity index (χ1) is 8.24. The van der Waals surface area contributed by atoms with Gasteiger partial charge in [0.1, 0.15) is 5.82 Å². The molecule has 0 saturated heterocycles. The van der Waals surface area contributed by atoms with Crippen LogP contribution < -0.4 is 0 Å². The molecule has 1 heterocycles. The second kappa shape index (κ2) is 4.22. The molecule has 1 fully saturated rings. The van der Waals surface area contributed by atoms with E-state index in [1.807, 2.05) is 18.3 Å². The van der Waals surface area contributed by atoms with E-state index in [0.717, 1.165) is 21.6 Å². The third kappa shape index (κ3) is 2.25. The Hall–Kier alpha value is -1.22. The van der Waals surface area contributed by atoms with Crippen LogP contribution in [0, 0.1) is 6.92 Å². The summed E-state index contributed by atoms with van der Waals surface area (Å²) in [7, 11) is 0. The van der Waals surface area contributed by atoms with Crippen molar-refractivity contribution in [1.82, 2.24) is 9.97 Å². The van der Waals surface area contributed by atoms with Crippen LogP contribution in [0.5, 0.6) is 0 Å². The highest BCUT2D eigenvalue weighted by Gasteiger charge is 2.26. The third-order valence-electron chi connectivity index (χ3n) is 3.10. The highest BCUT2D eigenvalue weighted by Crippen LogP contribution is 2.38. The predicted octanol–water partition coefficient (Wildman–Crippen LogP) is 4.09. The number of aromatic nitrogens is 2. The van der Waals surface area contributed by atoms with Crippen molar-refractivity contribution in [1.29, 1.82) is 0 Å². The van der Waals surface area contributed by atoms with Crippen LogP contribution in [-0.4, -0.2) is 9.97 Å². The molecule has 1 aromatic heterocycles. The summed E-state index contributed by atoms with van der Waals surface area (Å²) in [6, 6.07) is 8.27. The summed E-state index contributed by atoms with van der Waals surface area (Å²) in [6.07, 6.45) is 4.45. The summed E-state index contributed by atoms with van der Waals surface area (Å²) in [5.74, 6) is 1.64. The monoisotopic (exact) mass is 288 g/mol. The van der Waals surface area contributed by atoms with Crippen LogP contribution in [0.25, 0.3) is 11.1 Å². The minimum atomic E-state index is 0.618. The fourth-order valence-electron chi connectivity index (χ4n) is 1.94. The van der Waals surface area contributed by atoms with Gasteiger partial charge in [0.2, 0.25) is 0 Å². The van der Waals surface area contributed by atoms with Gasteiger partial charge in [-0.05, 0) is 37.5 Å². The van der Waals surface area contributed by atoms with Crippen LogP contribution in [0.4, 0.5) is 0 Å². The molecule has 3 heteroatoms. The zero-order valence-electron chi connectivity index (χ0n) is 9.65. The number of nitrogens with zero attached hydrogens (tertiary/aromatic N) is 2. The number of aryl methyl sites for hydroxylation is 1. The van der Waals surface area contributed by atoms with Crippen molar-refractivity contribution in [3.8, 4) is 11.1 Å². The molecule has 0 bridgehead atoms. The Kier molecular flexibility index (Phi) is 2.71. The van der Waals surface area contributed by atoms with Crippen molar-refractivity contribution in [2.75, 3.05) is 0 Å². The molecule has 86 valence electrons. The van der Waals surface area contributed by atoms with Crippen LogP contribution in [-0.2, 0) is 0 Å². The molecule has 0 radical (unpaired) electrons. The molecule has 0 N–H and O–H groups in total. The van der Waals surface area contributed by atoms with E-state index in [-0.39, 0.29) is 0 Å². The maximum atomic E-state index is 4.61. The van der Waals surface area contributed by atoms with Gasteiger partial charge < -0.3 is 0 Å². The van der Waals surface area contributed by atoms with Crippen molar-refractivity contribution in [2.24, 2.45) is 0 Å². The topological polar surface area (TPSA) is 25.8 Å². The first-order valence-corrected chi connectivity index (χ1v) is 6.63. The zero-order chi connectivity index (χ0) is 11.8. The van der Waals surface area contributed by atoms with Crippen LogP contribution in [0.1, 0.15) is 30.3 Å². The lowest BCUT2D eigenvalue weighted by Crippen LogP contribution is -1.96. The molecule has 1 saturated carbocycles. The summed E-state index contributed by atoms with van der Waals surface area (Å²) < 4.78 is 1.09. The third-order valence-corrected chi connectivity index (χ3v) is 3.62. The fraction of sp³-hybridized carbons (Fsp3) is 0.286. The highest BCUT2D eigenvalue weighted by molar-refractivity contribution is 9.10. The Balaban J connectivity index is 1.99. The van der Waals surface area contributed by atoms with E-state index in [1.165, 1.54) is 18.4 Å². The number of hydrogen-bond acceptors (Lipinski definition) is 2. The molecule has 3 rings (SSSR count). The zero-order valence-corrected chi connectivity index (χ0v) is 11.2. The SMILES string of the molecule is Cc1nc(C2CC2)ncc1-c1ccc(Br)cc1. The van der Waals surface area contributed by atoms with Crippen molar-refractivity contribution < 1.29 is 0 Å². The van der Waals surface area contributed by atoms with Crippen LogP contribution >= 0.6 is 15.9 Å². The molecule has 1 aliphatic rings. The molecule has 2 nitrogen and oxygen atoms in total. The smallest absolute Gasteiger partial charge is 0.131 e. The standard InChI is InChI=1S/C14H13BrN2/c1-9-13(10-4-6-12(15)7-5-10)8-16-14(17-9)11-2-3-11/h4-8,11H,2-3H2,1H3. The normalized spacial score (nSPS) is 14.9. The molecule has 0 aliphatic heterocycles. The highest BCUT2D eigenvalue weighted by atomic mass is 79.9. The Morgan fingerprint density at radius 1 is 1.18 bits per heavy atom. The summed E-state index contributed by atoms with van der Waals surface area (Å²) in [6.45, 7) is 2.06. The van der Waals surface area contributed by atoms with E-state index in [9.17, 15) is 0 Å². The van der Waals surface area contributed by atoms with Gasteiger partial charge in [0, 0.05) is 27.8 Å². The predicted molar refractivity (Wildman–Crippen MR) is 71.9 cm³/mol. The molecular formula is C14H13BrN2. The first kappa shape index (κ1) is 10.9. The summed E-state index contributed by atoms with van der Waals surface area (Å²) >= 11 is 3.44. The number of halogens is 1. The van der Waals surface area contributed by atoms with Crippen molar-refractivity contribution in [3.63, 3.8) is 0 Å². The number of rotatable bonds is 2.